The third kappa shape index (κ3) is 6.03. The van der Waals surface area contributed by atoms with E-state index in [1.165, 1.54) is 49.4 Å². The Morgan fingerprint density at radius 1 is 0.433 bits per heavy atom. The van der Waals surface area contributed by atoms with E-state index in [4.69, 9.17) is 0 Å². The van der Waals surface area contributed by atoms with Crippen LogP contribution in [0.15, 0.2) is 213 Å². The molecule has 0 spiro atoms. The van der Waals surface area contributed by atoms with Gasteiger partial charge in [-0.15, -0.1) is 0 Å². The van der Waals surface area contributed by atoms with Gasteiger partial charge in [-0.3, -0.25) is 9.97 Å². The molecule has 60 heavy (non-hydrogen) atoms. The number of anilines is 3. The van der Waals surface area contributed by atoms with Gasteiger partial charge in [-0.25, -0.2) is 0 Å². The quantitative estimate of drug-likeness (QED) is 0.145. The average molecular weight is 766 g/mol. The number of pyridine rings is 2. The van der Waals surface area contributed by atoms with Gasteiger partial charge in [-0.05, 0) is 135 Å². The number of benzene rings is 8. The Balaban J connectivity index is 0.971. The third-order valence-corrected chi connectivity index (χ3v) is 11.5. The Hall–Kier alpha value is -8.33. The van der Waals surface area contributed by atoms with Gasteiger partial charge in [0.15, 0.2) is 0 Å². The molecule has 0 aliphatic carbocycles. The lowest BCUT2D eigenvalue weighted by molar-refractivity contribution is 1.18. The zero-order chi connectivity index (χ0) is 40.0. The van der Waals surface area contributed by atoms with Crippen molar-refractivity contribution in [3.05, 3.63) is 218 Å². The summed E-state index contributed by atoms with van der Waals surface area (Å²) in [6.07, 6.45) is 7.37. The summed E-state index contributed by atoms with van der Waals surface area (Å²) >= 11 is 0. The molecule has 0 radical (unpaired) electrons. The van der Waals surface area contributed by atoms with Crippen LogP contribution in [0.5, 0.6) is 0 Å². The molecule has 0 N–H and O–H groups in total. The topological polar surface area (TPSA) is 57.7 Å². The van der Waals surface area contributed by atoms with Gasteiger partial charge in [-0.2, -0.15) is 5.26 Å². The van der Waals surface area contributed by atoms with Crippen LogP contribution in [-0.4, -0.2) is 14.5 Å². The molecule has 0 aliphatic heterocycles. The van der Waals surface area contributed by atoms with Crippen molar-refractivity contribution in [2.24, 2.45) is 0 Å². The molecule has 5 nitrogen and oxygen atoms in total. The number of nitrogens with zero attached hydrogens (tertiary/aromatic N) is 5. The Kier molecular flexibility index (Phi) is 8.46. The van der Waals surface area contributed by atoms with E-state index in [-0.39, 0.29) is 0 Å². The molecule has 11 aromatic rings. The fourth-order valence-electron chi connectivity index (χ4n) is 8.71. The van der Waals surface area contributed by atoms with Crippen LogP contribution in [0.4, 0.5) is 17.1 Å². The van der Waals surface area contributed by atoms with E-state index < -0.39 is 0 Å². The van der Waals surface area contributed by atoms with Gasteiger partial charge in [0.1, 0.15) is 0 Å². The Morgan fingerprint density at radius 2 is 1.05 bits per heavy atom. The summed E-state index contributed by atoms with van der Waals surface area (Å²) in [5.41, 5.74) is 15.9. The molecule has 0 amide bonds. The van der Waals surface area contributed by atoms with Crippen molar-refractivity contribution in [3.8, 4) is 56.3 Å². The fraction of sp³-hybridized carbons (Fsp3) is 0. The van der Waals surface area contributed by atoms with Crippen LogP contribution in [0.2, 0.25) is 0 Å². The van der Waals surface area contributed by atoms with E-state index in [0.29, 0.717) is 5.56 Å². The molecule has 5 heteroatoms. The zero-order valence-corrected chi connectivity index (χ0v) is 32.4. The molecule has 8 aromatic carbocycles. The lowest BCUT2D eigenvalue weighted by Crippen LogP contribution is -2.10. The first-order valence-electron chi connectivity index (χ1n) is 20.0. The van der Waals surface area contributed by atoms with Crippen molar-refractivity contribution in [2.75, 3.05) is 4.90 Å². The van der Waals surface area contributed by atoms with Crippen molar-refractivity contribution >= 4 is 49.6 Å². The van der Waals surface area contributed by atoms with Crippen LogP contribution in [-0.2, 0) is 0 Å². The van der Waals surface area contributed by atoms with Crippen LogP contribution in [0.1, 0.15) is 5.56 Å². The van der Waals surface area contributed by atoms with E-state index in [1.807, 2.05) is 48.8 Å². The van der Waals surface area contributed by atoms with Gasteiger partial charge in [0.2, 0.25) is 0 Å². The molecule has 0 saturated heterocycles. The van der Waals surface area contributed by atoms with E-state index >= 15 is 0 Å². The number of rotatable bonds is 8. The second-order valence-electron chi connectivity index (χ2n) is 15.0. The van der Waals surface area contributed by atoms with Crippen molar-refractivity contribution < 1.29 is 0 Å². The lowest BCUT2D eigenvalue weighted by Gasteiger charge is -2.27. The van der Waals surface area contributed by atoms with Gasteiger partial charge in [0.25, 0.3) is 0 Å². The predicted octanol–water partition coefficient (Wildman–Crippen LogP) is 14.2. The lowest BCUT2D eigenvalue weighted by atomic mass is 9.93. The average Bonchev–Trinajstić information content (AvgIpc) is 3.67. The molecule has 11 rings (SSSR count). The zero-order valence-electron chi connectivity index (χ0n) is 32.4. The molecule has 0 fully saturated rings. The van der Waals surface area contributed by atoms with E-state index in [1.54, 1.807) is 12.4 Å². The molecule has 280 valence electrons. The molecular weight excluding hydrogens is 731 g/mol. The summed E-state index contributed by atoms with van der Waals surface area (Å²) < 4.78 is 2.39. The number of hydrogen-bond acceptors (Lipinski definition) is 4. The SMILES string of the molecule is N#Cc1ccc(N(c2ccc(-c3ccc(-c4ccc5c6c4ccc4cccc(c46)n5-c4ccccc4)cc3)cc2)c2cc(-c3cccnc3)cc(-c3cccnc3)c2)cc1. The van der Waals surface area contributed by atoms with Crippen LogP contribution >= 0.6 is 0 Å². The van der Waals surface area contributed by atoms with E-state index in [9.17, 15) is 5.26 Å². The second-order valence-corrected chi connectivity index (χ2v) is 15.0. The first-order chi connectivity index (χ1) is 29.7. The van der Waals surface area contributed by atoms with Crippen LogP contribution < -0.4 is 4.90 Å². The summed E-state index contributed by atoms with van der Waals surface area (Å²) in [7, 11) is 0. The highest BCUT2D eigenvalue weighted by Gasteiger charge is 2.20. The third-order valence-electron chi connectivity index (χ3n) is 11.5. The summed E-state index contributed by atoms with van der Waals surface area (Å²) in [5, 5.41) is 14.7. The van der Waals surface area contributed by atoms with Gasteiger partial charge < -0.3 is 9.47 Å². The van der Waals surface area contributed by atoms with Crippen molar-refractivity contribution in [3.63, 3.8) is 0 Å². The minimum absolute atomic E-state index is 0.613. The van der Waals surface area contributed by atoms with Gasteiger partial charge in [-0.1, -0.05) is 97.1 Å². The van der Waals surface area contributed by atoms with Gasteiger partial charge in [0.05, 0.1) is 22.7 Å². The largest absolute Gasteiger partial charge is 0.310 e. The highest BCUT2D eigenvalue weighted by atomic mass is 15.1. The summed E-state index contributed by atoms with van der Waals surface area (Å²) in [6, 6.07) is 68.7. The monoisotopic (exact) mass is 765 g/mol. The Bertz CT molecular complexity index is 3270. The second kappa shape index (κ2) is 14.6. The van der Waals surface area contributed by atoms with Crippen LogP contribution in [0.3, 0.4) is 0 Å². The maximum atomic E-state index is 9.62. The standard InChI is InChI=1S/C55H35N5/c56-34-37-13-22-47(23-14-37)59(49-32-44(42-8-5-29-57-35-42)31-45(33-49)43-9-6-30-58-36-43)48-24-19-39(20-25-48)38-15-17-40(18-16-38)50-27-28-53-55-51(50)26-21-41-7-4-12-52(54(41)55)60(53)46-10-2-1-3-11-46/h1-33,35-36H. The molecule has 3 aromatic heterocycles. The number of nitriles is 1. The summed E-state index contributed by atoms with van der Waals surface area (Å²) in [5.74, 6) is 0. The Morgan fingerprint density at radius 3 is 1.68 bits per heavy atom. The maximum absolute atomic E-state index is 9.62. The number of hydrogen-bond donors (Lipinski definition) is 0. The normalized spacial score (nSPS) is 11.3. The minimum atomic E-state index is 0.613. The summed E-state index contributed by atoms with van der Waals surface area (Å²) in [4.78, 5) is 11.1. The predicted molar refractivity (Wildman–Crippen MR) is 246 cm³/mol. The molecular formula is C55H35N5. The molecule has 0 bridgehead atoms. The fourth-order valence-corrected chi connectivity index (χ4v) is 8.71. The molecule has 0 aliphatic rings. The van der Waals surface area contributed by atoms with Gasteiger partial charge >= 0.3 is 0 Å². The molecule has 0 saturated carbocycles. The maximum Gasteiger partial charge on any atom is 0.0991 e. The minimum Gasteiger partial charge on any atom is -0.310 e. The van der Waals surface area contributed by atoms with Crippen LogP contribution in [0.25, 0.3) is 82.8 Å². The van der Waals surface area contributed by atoms with Crippen molar-refractivity contribution in [1.29, 1.82) is 5.26 Å². The van der Waals surface area contributed by atoms with Crippen LogP contribution in [0, 0.1) is 11.3 Å². The van der Waals surface area contributed by atoms with Crippen molar-refractivity contribution in [2.45, 2.75) is 0 Å². The smallest absolute Gasteiger partial charge is 0.0991 e. The first kappa shape index (κ1) is 34.9. The molecule has 0 unspecified atom stereocenters. The number of aromatic nitrogens is 3. The van der Waals surface area contributed by atoms with E-state index in [2.05, 4.69) is 177 Å². The van der Waals surface area contributed by atoms with E-state index in [0.717, 1.165) is 50.4 Å². The summed E-state index contributed by atoms with van der Waals surface area (Å²) in [6.45, 7) is 0. The highest BCUT2D eigenvalue weighted by molar-refractivity contribution is 6.26. The van der Waals surface area contributed by atoms with Crippen molar-refractivity contribution in [1.82, 2.24) is 14.5 Å². The molecule has 3 heterocycles. The highest BCUT2D eigenvalue weighted by Crippen LogP contribution is 2.44. The Labute approximate surface area is 347 Å². The number of para-hydroxylation sites is 1. The van der Waals surface area contributed by atoms with Gasteiger partial charge in [0, 0.05) is 69.4 Å². The first-order valence-corrected chi connectivity index (χ1v) is 20.0. The molecule has 0 atom stereocenters.